The van der Waals surface area contributed by atoms with E-state index in [2.05, 4.69) is 27.7 Å². The summed E-state index contributed by atoms with van der Waals surface area (Å²) in [5.74, 6) is 0. The second-order valence-corrected chi connectivity index (χ2v) is 13.0. The van der Waals surface area contributed by atoms with Crippen LogP contribution in [-0.2, 0) is 27.2 Å². The van der Waals surface area contributed by atoms with Gasteiger partial charge in [-0.1, -0.05) is 143 Å². The van der Waals surface area contributed by atoms with Gasteiger partial charge < -0.3 is 0 Å². The van der Waals surface area contributed by atoms with Crippen LogP contribution in [0.5, 0.6) is 0 Å². The molecule has 6 nitrogen and oxygen atoms in total. The molecule has 0 amide bonds. The summed E-state index contributed by atoms with van der Waals surface area (Å²) in [4.78, 5) is 0. The normalized spacial score (nSPS) is 12.4. The van der Waals surface area contributed by atoms with Gasteiger partial charge in [0.2, 0.25) is 0 Å². The number of rotatable bonds is 30. The predicted octanol–water partition coefficient (Wildman–Crippen LogP) is 12.8. The molecule has 0 aromatic rings. The molecule has 0 spiro atoms. The van der Waals surface area contributed by atoms with Crippen LogP contribution in [0.4, 0.5) is 0 Å². The zero-order valence-electron chi connectivity index (χ0n) is 28.5. The standard InChI is InChI=1S/2C16H34O3P.2Nd/c1-5-7-9-11-13-15(3)18-20(17)19-16(4)14-12-10-8-6-2;1-3-5-7-9-11-13-15-18-20(17)19-16-14-12-10-8-6-4-2;;/h15-16H,5-14H2,1-4H3;3-16H2,1-2H3;;/q2*+1;;. The van der Waals surface area contributed by atoms with Gasteiger partial charge in [-0.05, 0) is 39.5 Å². The summed E-state index contributed by atoms with van der Waals surface area (Å²) < 4.78 is 44.4. The first kappa shape index (κ1) is 51.6. The van der Waals surface area contributed by atoms with Gasteiger partial charge in [-0.15, -0.1) is 18.1 Å². The van der Waals surface area contributed by atoms with E-state index in [-0.39, 0.29) is 93.9 Å². The smallest absolute Gasteiger partial charge is 0.119 e. The van der Waals surface area contributed by atoms with E-state index in [0.717, 1.165) is 38.5 Å². The van der Waals surface area contributed by atoms with Crippen molar-refractivity contribution in [3.8, 4) is 0 Å². The van der Waals surface area contributed by atoms with Gasteiger partial charge in [0.15, 0.2) is 0 Å². The molecule has 10 heteroatoms. The summed E-state index contributed by atoms with van der Waals surface area (Å²) in [6.45, 7) is 13.9. The molecule has 0 saturated carbocycles. The number of hydrogen-bond acceptors (Lipinski definition) is 6. The van der Waals surface area contributed by atoms with Gasteiger partial charge in [0.05, 0.1) is 0 Å². The minimum absolute atomic E-state index is 0. The summed E-state index contributed by atoms with van der Waals surface area (Å²) >= 11 is 0. The monoisotopic (exact) mass is 894 g/mol. The molecule has 0 aliphatic heterocycles. The Hall–Kier alpha value is 2.74. The molecule has 0 N–H and O–H groups in total. The third-order valence-corrected chi connectivity index (χ3v) is 8.70. The fourth-order valence-electron chi connectivity index (χ4n) is 4.22. The van der Waals surface area contributed by atoms with Crippen LogP contribution in [0.25, 0.3) is 0 Å². The molecule has 42 heavy (non-hydrogen) atoms. The molecule has 0 aromatic carbocycles. The molecule has 0 radical (unpaired) electrons. The van der Waals surface area contributed by atoms with E-state index in [1.54, 1.807) is 0 Å². The number of hydrogen-bond donors (Lipinski definition) is 0. The van der Waals surface area contributed by atoms with Gasteiger partial charge in [-0.3, -0.25) is 0 Å². The molecule has 0 rings (SSSR count). The molecule has 0 aliphatic carbocycles. The van der Waals surface area contributed by atoms with E-state index in [1.807, 2.05) is 13.8 Å². The van der Waals surface area contributed by atoms with Crippen molar-refractivity contribution in [3.63, 3.8) is 0 Å². The number of unbranched alkanes of at least 4 members (excludes halogenated alkanes) is 16. The van der Waals surface area contributed by atoms with Crippen molar-refractivity contribution in [2.24, 2.45) is 0 Å². The minimum atomic E-state index is -1.96. The molecular formula is C32H68Nd2O6P2+2. The van der Waals surface area contributed by atoms with Gasteiger partial charge in [0.25, 0.3) is 0 Å². The van der Waals surface area contributed by atoms with Gasteiger partial charge in [0, 0.05) is 90.8 Å². The summed E-state index contributed by atoms with van der Waals surface area (Å²) in [7, 11) is -3.84. The van der Waals surface area contributed by atoms with Crippen LogP contribution in [0, 0.1) is 81.7 Å². The molecule has 2 unspecified atom stereocenters. The van der Waals surface area contributed by atoms with Crippen molar-refractivity contribution in [1.29, 1.82) is 0 Å². The third-order valence-electron chi connectivity index (χ3n) is 6.85. The average Bonchev–Trinajstić information content (AvgIpc) is 2.92. The summed E-state index contributed by atoms with van der Waals surface area (Å²) in [5.41, 5.74) is 0. The minimum Gasteiger partial charge on any atom is -0.119 e. The molecule has 0 bridgehead atoms. The molecule has 0 aliphatic rings. The van der Waals surface area contributed by atoms with Crippen LogP contribution in [0.3, 0.4) is 0 Å². The zero-order valence-corrected chi connectivity index (χ0v) is 36.7. The fourth-order valence-corrected chi connectivity index (χ4v) is 5.70. The van der Waals surface area contributed by atoms with Crippen molar-refractivity contribution in [1.82, 2.24) is 0 Å². The van der Waals surface area contributed by atoms with Crippen molar-refractivity contribution < 1.29 is 109 Å². The first-order valence-corrected chi connectivity index (χ1v) is 19.1. The van der Waals surface area contributed by atoms with E-state index < -0.39 is 16.5 Å². The van der Waals surface area contributed by atoms with E-state index >= 15 is 0 Å². The Labute approximate surface area is 329 Å². The summed E-state index contributed by atoms with van der Waals surface area (Å²) in [5, 5.41) is 0. The fraction of sp³-hybridized carbons (Fsp3) is 1.00. The van der Waals surface area contributed by atoms with E-state index in [1.165, 1.54) is 103 Å². The molecule has 0 heterocycles. The Morgan fingerprint density at radius 1 is 0.429 bits per heavy atom. The Kier molecular flexibility index (Phi) is 53.7. The Bertz CT molecular complexity index is 505. The van der Waals surface area contributed by atoms with E-state index in [4.69, 9.17) is 18.1 Å². The van der Waals surface area contributed by atoms with Crippen molar-refractivity contribution in [3.05, 3.63) is 0 Å². The van der Waals surface area contributed by atoms with Gasteiger partial charge >= 0.3 is 16.5 Å². The largest absolute Gasteiger partial charge is 0.697 e. The Balaban J connectivity index is -0.000000328. The summed E-state index contributed by atoms with van der Waals surface area (Å²) in [6, 6.07) is 0. The molecule has 0 fully saturated rings. The van der Waals surface area contributed by atoms with Gasteiger partial charge in [-0.2, -0.15) is 0 Å². The van der Waals surface area contributed by atoms with E-state index in [9.17, 15) is 9.13 Å². The Morgan fingerprint density at radius 3 is 1.05 bits per heavy atom. The van der Waals surface area contributed by atoms with Crippen molar-refractivity contribution in [2.75, 3.05) is 13.2 Å². The van der Waals surface area contributed by atoms with E-state index in [0.29, 0.717) is 13.2 Å². The quantitative estimate of drug-likeness (QED) is 0.0528. The molecule has 248 valence electrons. The van der Waals surface area contributed by atoms with Crippen LogP contribution in [0.15, 0.2) is 0 Å². The zero-order chi connectivity index (χ0) is 30.1. The average molecular weight is 899 g/mol. The third kappa shape index (κ3) is 44.9. The van der Waals surface area contributed by atoms with Crippen molar-refractivity contribution in [2.45, 2.75) is 195 Å². The summed E-state index contributed by atoms with van der Waals surface area (Å²) in [6.07, 6.45) is 26.4. The maximum absolute atomic E-state index is 11.7. The van der Waals surface area contributed by atoms with Gasteiger partial charge in [0.1, 0.15) is 25.4 Å². The second-order valence-electron chi connectivity index (χ2n) is 11.2. The topological polar surface area (TPSA) is 71.1 Å². The van der Waals surface area contributed by atoms with Crippen LogP contribution in [0.2, 0.25) is 0 Å². The maximum Gasteiger partial charge on any atom is 0.697 e. The van der Waals surface area contributed by atoms with Crippen molar-refractivity contribution >= 4 is 16.5 Å². The SMILES string of the molecule is CCCCCCC(C)O[P+](=O)OC(C)CCCCCC.CCCCCCCCO[P+](=O)OCCCCCCCC.[Nd].[Nd]. The van der Waals surface area contributed by atoms with Crippen LogP contribution < -0.4 is 0 Å². The second kappa shape index (κ2) is 43.7. The first-order chi connectivity index (χ1) is 19.4. The molecule has 0 saturated heterocycles. The maximum atomic E-state index is 11.7. The van der Waals surface area contributed by atoms with Gasteiger partial charge in [-0.25, -0.2) is 0 Å². The predicted molar refractivity (Wildman–Crippen MR) is 172 cm³/mol. The molecule has 2 atom stereocenters. The molecule has 0 aromatic heterocycles. The van der Waals surface area contributed by atoms with Crippen LogP contribution in [0.1, 0.15) is 183 Å². The Morgan fingerprint density at radius 2 is 0.714 bits per heavy atom. The van der Waals surface area contributed by atoms with Crippen LogP contribution >= 0.6 is 16.5 Å². The van der Waals surface area contributed by atoms with Crippen LogP contribution in [-0.4, -0.2) is 25.4 Å². The first-order valence-electron chi connectivity index (χ1n) is 16.9. The molecular weight excluding hydrogens is 831 g/mol.